The fourth-order valence-corrected chi connectivity index (χ4v) is 1.10. The molecule has 0 fully saturated rings. The Balaban J connectivity index is 2.92. The third-order valence-corrected chi connectivity index (χ3v) is 1.66. The summed E-state index contributed by atoms with van der Waals surface area (Å²) in [5.41, 5.74) is 9.42. The fourth-order valence-electron chi connectivity index (χ4n) is 1.10. The SMILES string of the molecule is NC1=CC=C=c2ncccc2=C1. The number of hydrogen-bond donors (Lipinski definition) is 1. The van der Waals surface area contributed by atoms with E-state index in [1.165, 1.54) is 0 Å². The molecule has 2 N–H and O–H groups in total. The number of nitrogens with two attached hydrogens (primary N) is 1. The number of allylic oxidation sites excluding steroid dienone is 3. The molecular formula is C10H8N2. The molecule has 0 aliphatic heterocycles. The fraction of sp³-hybridized carbons (Fsp3) is 0. The van der Waals surface area contributed by atoms with Crippen molar-refractivity contribution in [2.45, 2.75) is 0 Å². The van der Waals surface area contributed by atoms with Crippen molar-refractivity contribution < 1.29 is 0 Å². The summed E-state index contributed by atoms with van der Waals surface area (Å²) in [4.78, 5) is 4.15. The molecule has 0 saturated carbocycles. The van der Waals surface area contributed by atoms with E-state index in [1.807, 2.05) is 24.3 Å². The van der Waals surface area contributed by atoms with Crippen LogP contribution < -0.4 is 16.3 Å². The van der Waals surface area contributed by atoms with E-state index in [9.17, 15) is 0 Å². The van der Waals surface area contributed by atoms with E-state index in [4.69, 9.17) is 5.73 Å². The second-order valence-corrected chi connectivity index (χ2v) is 2.56. The molecule has 2 nitrogen and oxygen atoms in total. The van der Waals surface area contributed by atoms with E-state index in [2.05, 4.69) is 10.7 Å². The highest BCUT2D eigenvalue weighted by atomic mass is 14.6. The van der Waals surface area contributed by atoms with Crippen LogP contribution in [0.3, 0.4) is 0 Å². The van der Waals surface area contributed by atoms with Gasteiger partial charge in [-0.25, -0.2) is 4.98 Å². The van der Waals surface area contributed by atoms with Crippen LogP contribution in [0.4, 0.5) is 0 Å². The van der Waals surface area contributed by atoms with Crippen molar-refractivity contribution in [3.63, 3.8) is 0 Å². The summed E-state index contributed by atoms with van der Waals surface area (Å²) in [7, 11) is 0. The zero-order chi connectivity index (χ0) is 8.39. The molecule has 0 bridgehead atoms. The van der Waals surface area contributed by atoms with Crippen molar-refractivity contribution in [2.75, 3.05) is 0 Å². The monoisotopic (exact) mass is 156 g/mol. The highest BCUT2D eigenvalue weighted by Crippen LogP contribution is 1.86. The standard InChI is InChI=1S/C10H8N2/c11-9-4-1-5-10-8(7-9)3-2-6-12-10/h1-4,6-7H,11H2. The number of fused-ring (bicyclic) bond motifs is 1. The predicted octanol–water partition coefficient (Wildman–Crippen LogP) is -0.346. The van der Waals surface area contributed by atoms with Gasteiger partial charge >= 0.3 is 0 Å². The van der Waals surface area contributed by atoms with Crippen LogP contribution in [0.2, 0.25) is 0 Å². The third kappa shape index (κ3) is 1.16. The Labute approximate surface area is 70.1 Å². The van der Waals surface area contributed by atoms with Crippen molar-refractivity contribution in [1.29, 1.82) is 0 Å². The van der Waals surface area contributed by atoms with Crippen molar-refractivity contribution in [3.05, 3.63) is 46.7 Å². The number of pyridine rings is 1. The van der Waals surface area contributed by atoms with Crippen LogP contribution in [-0.4, -0.2) is 4.98 Å². The van der Waals surface area contributed by atoms with Gasteiger partial charge in [0.1, 0.15) is 5.35 Å². The lowest BCUT2D eigenvalue weighted by Gasteiger charge is -1.87. The molecule has 1 aromatic rings. The molecule has 2 heteroatoms. The summed E-state index contributed by atoms with van der Waals surface area (Å²) < 4.78 is 0. The lowest BCUT2D eigenvalue weighted by Crippen LogP contribution is -2.26. The van der Waals surface area contributed by atoms with Crippen LogP contribution in [-0.2, 0) is 0 Å². The van der Waals surface area contributed by atoms with Gasteiger partial charge in [-0.3, -0.25) is 0 Å². The third-order valence-electron chi connectivity index (χ3n) is 1.66. The van der Waals surface area contributed by atoms with E-state index < -0.39 is 0 Å². The summed E-state index contributed by atoms with van der Waals surface area (Å²) >= 11 is 0. The molecule has 1 heterocycles. The van der Waals surface area contributed by atoms with Gasteiger partial charge in [-0.05, 0) is 24.3 Å². The van der Waals surface area contributed by atoms with Gasteiger partial charge in [0, 0.05) is 17.1 Å². The highest BCUT2D eigenvalue weighted by Gasteiger charge is 1.88. The molecule has 0 unspecified atom stereocenters. The second kappa shape index (κ2) is 2.68. The van der Waals surface area contributed by atoms with Crippen LogP contribution in [0.25, 0.3) is 11.8 Å². The first-order valence-corrected chi connectivity index (χ1v) is 3.71. The molecule has 0 aromatic carbocycles. The topological polar surface area (TPSA) is 38.9 Å². The number of rotatable bonds is 0. The second-order valence-electron chi connectivity index (χ2n) is 2.56. The molecule has 58 valence electrons. The van der Waals surface area contributed by atoms with Gasteiger partial charge in [-0.15, -0.1) is 0 Å². The number of aromatic nitrogens is 1. The minimum Gasteiger partial charge on any atom is -0.399 e. The van der Waals surface area contributed by atoms with Crippen molar-refractivity contribution in [3.8, 4) is 0 Å². The van der Waals surface area contributed by atoms with E-state index in [0.29, 0.717) is 0 Å². The van der Waals surface area contributed by atoms with Crippen molar-refractivity contribution in [1.82, 2.24) is 4.98 Å². The van der Waals surface area contributed by atoms with Crippen LogP contribution in [0.15, 0.2) is 36.2 Å². The van der Waals surface area contributed by atoms with Crippen LogP contribution >= 0.6 is 0 Å². The lowest BCUT2D eigenvalue weighted by molar-refractivity contribution is 1.22. The summed E-state index contributed by atoms with van der Waals surface area (Å²) in [5, 5.41) is 1.86. The summed E-state index contributed by atoms with van der Waals surface area (Å²) in [6.45, 7) is 0. The molecular weight excluding hydrogens is 148 g/mol. The zero-order valence-corrected chi connectivity index (χ0v) is 6.49. The minimum absolute atomic E-state index is 0.731. The molecule has 0 radical (unpaired) electrons. The van der Waals surface area contributed by atoms with Crippen LogP contribution in [0.1, 0.15) is 0 Å². The Bertz CT molecular complexity index is 477. The Morgan fingerprint density at radius 1 is 1.42 bits per heavy atom. The largest absolute Gasteiger partial charge is 0.399 e. The first-order chi connectivity index (χ1) is 5.86. The highest BCUT2D eigenvalue weighted by molar-refractivity contribution is 5.49. The zero-order valence-electron chi connectivity index (χ0n) is 6.49. The minimum atomic E-state index is 0.731. The predicted molar refractivity (Wildman–Crippen MR) is 48.2 cm³/mol. The molecule has 1 aromatic heterocycles. The molecule has 0 amide bonds. The van der Waals surface area contributed by atoms with Crippen molar-refractivity contribution in [2.24, 2.45) is 5.73 Å². The maximum atomic E-state index is 5.66. The normalized spacial score (nSPS) is 13.5. The summed E-state index contributed by atoms with van der Waals surface area (Å²) in [5.74, 6) is 0. The van der Waals surface area contributed by atoms with Crippen LogP contribution in [0.5, 0.6) is 0 Å². The van der Waals surface area contributed by atoms with Gasteiger partial charge in [-0.2, -0.15) is 0 Å². The summed E-state index contributed by atoms with van der Waals surface area (Å²) in [6, 6.07) is 3.85. The maximum absolute atomic E-state index is 5.66. The lowest BCUT2D eigenvalue weighted by atomic mass is 10.3. The van der Waals surface area contributed by atoms with E-state index in [1.54, 1.807) is 12.3 Å². The quantitative estimate of drug-likeness (QED) is 0.558. The molecule has 1 aliphatic carbocycles. The Hall–Kier alpha value is -1.79. The van der Waals surface area contributed by atoms with Gasteiger partial charge in [-0.1, -0.05) is 11.8 Å². The molecule has 12 heavy (non-hydrogen) atoms. The van der Waals surface area contributed by atoms with E-state index in [0.717, 1.165) is 16.3 Å². The van der Waals surface area contributed by atoms with Crippen molar-refractivity contribution >= 4 is 11.8 Å². The first-order valence-electron chi connectivity index (χ1n) is 3.71. The Morgan fingerprint density at radius 2 is 2.33 bits per heavy atom. The van der Waals surface area contributed by atoms with E-state index >= 15 is 0 Å². The van der Waals surface area contributed by atoms with Gasteiger partial charge in [0.05, 0.1) is 0 Å². The summed E-state index contributed by atoms with van der Waals surface area (Å²) in [6.07, 6.45) is 7.22. The maximum Gasteiger partial charge on any atom is 0.112 e. The van der Waals surface area contributed by atoms with Gasteiger partial charge in [0.2, 0.25) is 0 Å². The van der Waals surface area contributed by atoms with Gasteiger partial charge in [0.25, 0.3) is 0 Å². The molecule has 0 saturated heterocycles. The molecule has 2 rings (SSSR count). The number of hydrogen-bond acceptors (Lipinski definition) is 2. The Morgan fingerprint density at radius 3 is 3.25 bits per heavy atom. The van der Waals surface area contributed by atoms with Gasteiger partial charge < -0.3 is 5.73 Å². The molecule has 0 atom stereocenters. The van der Waals surface area contributed by atoms with E-state index in [-0.39, 0.29) is 0 Å². The smallest absolute Gasteiger partial charge is 0.112 e. The average Bonchev–Trinajstić information content (AvgIpc) is 2.25. The molecule has 1 aliphatic rings. The first kappa shape index (κ1) is 6.89. The Kier molecular flexibility index (Phi) is 1.54. The molecule has 0 spiro atoms. The average molecular weight is 156 g/mol. The van der Waals surface area contributed by atoms with Crippen LogP contribution in [0, 0.1) is 0 Å². The number of nitrogens with zero attached hydrogens (tertiary/aromatic N) is 1. The van der Waals surface area contributed by atoms with Gasteiger partial charge in [0.15, 0.2) is 0 Å².